The van der Waals surface area contributed by atoms with Crippen LogP contribution in [0.25, 0.3) is 10.8 Å². The maximum atomic E-state index is 5.70. The lowest BCUT2D eigenvalue weighted by Crippen LogP contribution is -2.35. The molecule has 2 aromatic carbocycles. The second-order valence-electron chi connectivity index (χ2n) is 4.59. The van der Waals surface area contributed by atoms with E-state index in [9.17, 15) is 0 Å². The van der Waals surface area contributed by atoms with Crippen LogP contribution in [0.5, 0.6) is 5.75 Å². The highest BCUT2D eigenvalue weighted by Crippen LogP contribution is 2.25. The lowest BCUT2D eigenvalue weighted by atomic mass is 10.1. The molecular formula is C15H20N2O. The fraction of sp³-hybridized carbons (Fsp3) is 0.333. The van der Waals surface area contributed by atoms with E-state index in [-0.39, 0.29) is 0 Å². The van der Waals surface area contributed by atoms with Crippen LogP contribution in [-0.2, 0) is 0 Å². The van der Waals surface area contributed by atoms with E-state index in [0.29, 0.717) is 12.6 Å². The van der Waals surface area contributed by atoms with Crippen molar-refractivity contribution in [3.63, 3.8) is 0 Å². The molecule has 0 bridgehead atoms. The molecule has 1 unspecified atom stereocenters. The average Bonchev–Trinajstić information content (AvgIpc) is 2.44. The molecule has 18 heavy (non-hydrogen) atoms. The molecule has 3 nitrogen and oxygen atoms in total. The van der Waals surface area contributed by atoms with Crippen molar-refractivity contribution in [3.8, 4) is 5.75 Å². The molecule has 96 valence electrons. The van der Waals surface area contributed by atoms with Gasteiger partial charge in [-0.1, -0.05) is 12.1 Å². The highest BCUT2D eigenvalue weighted by molar-refractivity contribution is 5.87. The van der Waals surface area contributed by atoms with Crippen LogP contribution in [-0.4, -0.2) is 26.7 Å². The average molecular weight is 244 g/mol. The number of anilines is 1. The van der Waals surface area contributed by atoms with Crippen LogP contribution in [0.2, 0.25) is 0 Å². The van der Waals surface area contributed by atoms with Crippen molar-refractivity contribution in [3.05, 3.63) is 36.4 Å². The van der Waals surface area contributed by atoms with Gasteiger partial charge in [-0.15, -0.1) is 0 Å². The van der Waals surface area contributed by atoms with Crippen LogP contribution in [0.1, 0.15) is 6.92 Å². The third-order valence-electron chi connectivity index (χ3n) is 3.44. The van der Waals surface area contributed by atoms with E-state index in [4.69, 9.17) is 10.5 Å². The highest BCUT2D eigenvalue weighted by atomic mass is 16.5. The summed E-state index contributed by atoms with van der Waals surface area (Å²) in [4.78, 5) is 2.20. The first-order valence-electron chi connectivity index (χ1n) is 6.16. The molecule has 0 amide bonds. The van der Waals surface area contributed by atoms with Gasteiger partial charge < -0.3 is 15.4 Å². The topological polar surface area (TPSA) is 38.5 Å². The lowest BCUT2D eigenvalue weighted by Gasteiger charge is -2.26. The molecule has 0 aliphatic rings. The van der Waals surface area contributed by atoms with Crippen LogP contribution in [0, 0.1) is 0 Å². The molecule has 2 rings (SSSR count). The summed E-state index contributed by atoms with van der Waals surface area (Å²) in [7, 11) is 3.76. The Morgan fingerprint density at radius 3 is 2.50 bits per heavy atom. The minimum absolute atomic E-state index is 0.334. The molecule has 3 heteroatoms. The molecule has 2 N–H and O–H groups in total. The number of nitrogens with zero attached hydrogens (tertiary/aromatic N) is 1. The Bertz CT molecular complexity index is 539. The molecule has 0 saturated carbocycles. The van der Waals surface area contributed by atoms with Crippen LogP contribution in [0.15, 0.2) is 36.4 Å². The number of rotatable bonds is 4. The zero-order valence-corrected chi connectivity index (χ0v) is 11.2. The minimum atomic E-state index is 0.334. The van der Waals surface area contributed by atoms with Gasteiger partial charge in [0.05, 0.1) is 7.11 Å². The number of likely N-dealkylation sites (N-methyl/N-ethyl adjacent to an activating group) is 1. The molecule has 0 aromatic heterocycles. The zero-order valence-electron chi connectivity index (χ0n) is 11.2. The van der Waals surface area contributed by atoms with Crippen LogP contribution in [0.4, 0.5) is 5.69 Å². The summed E-state index contributed by atoms with van der Waals surface area (Å²) in [5.41, 5.74) is 6.89. The van der Waals surface area contributed by atoms with E-state index in [1.165, 1.54) is 16.5 Å². The second kappa shape index (κ2) is 5.27. The Morgan fingerprint density at radius 2 is 1.83 bits per heavy atom. The van der Waals surface area contributed by atoms with E-state index in [2.05, 4.69) is 43.1 Å². The summed E-state index contributed by atoms with van der Waals surface area (Å²) >= 11 is 0. The molecule has 0 saturated heterocycles. The molecule has 0 aliphatic heterocycles. The molecule has 0 fully saturated rings. The number of hydrogen-bond acceptors (Lipinski definition) is 3. The van der Waals surface area contributed by atoms with Crippen molar-refractivity contribution < 1.29 is 4.74 Å². The summed E-state index contributed by atoms with van der Waals surface area (Å²) in [6.07, 6.45) is 0. The van der Waals surface area contributed by atoms with E-state index < -0.39 is 0 Å². The zero-order chi connectivity index (χ0) is 13.1. The van der Waals surface area contributed by atoms with Crippen LogP contribution >= 0.6 is 0 Å². The number of methoxy groups -OCH3 is 1. The van der Waals surface area contributed by atoms with Crippen molar-refractivity contribution in [2.75, 3.05) is 25.6 Å². The number of nitrogens with two attached hydrogens (primary N) is 1. The number of benzene rings is 2. The SMILES string of the molecule is COc1ccc2cc(N(C)C(C)CN)ccc2c1. The van der Waals surface area contributed by atoms with E-state index in [0.717, 1.165) is 5.75 Å². The Balaban J connectivity index is 2.38. The lowest BCUT2D eigenvalue weighted by molar-refractivity contribution is 0.415. The van der Waals surface area contributed by atoms with Crippen molar-refractivity contribution >= 4 is 16.5 Å². The molecule has 0 heterocycles. The van der Waals surface area contributed by atoms with Gasteiger partial charge in [-0.25, -0.2) is 0 Å². The Hall–Kier alpha value is -1.74. The van der Waals surface area contributed by atoms with Gasteiger partial charge in [0.1, 0.15) is 5.75 Å². The predicted octanol–water partition coefficient (Wildman–Crippen LogP) is 2.63. The van der Waals surface area contributed by atoms with Gasteiger partial charge in [-0.05, 0) is 42.0 Å². The highest BCUT2D eigenvalue weighted by Gasteiger charge is 2.08. The van der Waals surface area contributed by atoms with Crippen molar-refractivity contribution in [2.24, 2.45) is 5.73 Å². The first-order valence-corrected chi connectivity index (χ1v) is 6.16. The van der Waals surface area contributed by atoms with E-state index in [1.807, 2.05) is 12.1 Å². The maximum Gasteiger partial charge on any atom is 0.119 e. The van der Waals surface area contributed by atoms with Crippen molar-refractivity contribution in [2.45, 2.75) is 13.0 Å². The normalized spacial score (nSPS) is 12.4. The Morgan fingerprint density at radius 1 is 1.17 bits per heavy atom. The quantitative estimate of drug-likeness (QED) is 0.898. The molecule has 0 spiro atoms. The smallest absolute Gasteiger partial charge is 0.119 e. The minimum Gasteiger partial charge on any atom is -0.497 e. The third-order valence-corrected chi connectivity index (χ3v) is 3.44. The van der Waals surface area contributed by atoms with Gasteiger partial charge in [-0.2, -0.15) is 0 Å². The van der Waals surface area contributed by atoms with Gasteiger partial charge in [0.15, 0.2) is 0 Å². The summed E-state index contributed by atoms with van der Waals surface area (Å²) < 4.78 is 5.23. The molecular weight excluding hydrogens is 224 g/mol. The van der Waals surface area contributed by atoms with Gasteiger partial charge >= 0.3 is 0 Å². The first-order chi connectivity index (χ1) is 8.65. The Labute approximate surface area is 108 Å². The molecule has 0 radical (unpaired) electrons. The standard InChI is InChI=1S/C15H20N2O/c1-11(10-16)17(2)14-6-4-13-9-15(18-3)7-5-12(13)8-14/h4-9,11H,10,16H2,1-3H3. The van der Waals surface area contributed by atoms with E-state index >= 15 is 0 Å². The van der Waals surface area contributed by atoms with Crippen LogP contribution in [0.3, 0.4) is 0 Å². The number of hydrogen-bond donors (Lipinski definition) is 1. The van der Waals surface area contributed by atoms with Gasteiger partial charge in [0.25, 0.3) is 0 Å². The molecule has 0 aliphatic carbocycles. The molecule has 2 aromatic rings. The number of fused-ring (bicyclic) bond motifs is 1. The van der Waals surface area contributed by atoms with Gasteiger partial charge in [-0.3, -0.25) is 0 Å². The predicted molar refractivity (Wildman–Crippen MR) is 77.4 cm³/mol. The summed E-state index contributed by atoms with van der Waals surface area (Å²) in [6.45, 7) is 2.77. The largest absolute Gasteiger partial charge is 0.497 e. The van der Waals surface area contributed by atoms with Gasteiger partial charge in [0, 0.05) is 25.3 Å². The maximum absolute atomic E-state index is 5.70. The van der Waals surface area contributed by atoms with Gasteiger partial charge in [0.2, 0.25) is 0 Å². The van der Waals surface area contributed by atoms with Crippen molar-refractivity contribution in [1.29, 1.82) is 0 Å². The summed E-state index contributed by atoms with van der Waals surface area (Å²) in [6, 6.07) is 12.9. The Kier molecular flexibility index (Phi) is 3.72. The van der Waals surface area contributed by atoms with Crippen molar-refractivity contribution in [1.82, 2.24) is 0 Å². The fourth-order valence-corrected chi connectivity index (χ4v) is 1.97. The first kappa shape index (κ1) is 12.7. The second-order valence-corrected chi connectivity index (χ2v) is 4.59. The number of ether oxygens (including phenoxy) is 1. The summed E-state index contributed by atoms with van der Waals surface area (Å²) in [5.74, 6) is 0.888. The fourth-order valence-electron chi connectivity index (χ4n) is 1.97. The monoisotopic (exact) mass is 244 g/mol. The van der Waals surface area contributed by atoms with Crippen LogP contribution < -0.4 is 15.4 Å². The third kappa shape index (κ3) is 2.41. The summed E-state index contributed by atoms with van der Waals surface area (Å²) in [5, 5.41) is 2.40. The van der Waals surface area contributed by atoms with E-state index in [1.54, 1.807) is 7.11 Å². The molecule has 1 atom stereocenters.